The third-order valence-corrected chi connectivity index (χ3v) is 2.73. The van der Waals surface area contributed by atoms with E-state index >= 15 is 0 Å². The second-order valence-corrected chi connectivity index (χ2v) is 3.71. The van der Waals surface area contributed by atoms with E-state index in [2.05, 4.69) is 10.3 Å². The van der Waals surface area contributed by atoms with Crippen molar-refractivity contribution >= 4 is 11.6 Å². The number of nitrogens with two attached hydrogens (primary N) is 1. The molecule has 4 nitrogen and oxygen atoms in total. The van der Waals surface area contributed by atoms with Crippen molar-refractivity contribution in [1.29, 1.82) is 0 Å². The Morgan fingerprint density at radius 2 is 1.80 bits per heavy atom. The molecule has 1 aromatic rings. The maximum absolute atomic E-state index is 11.2. The summed E-state index contributed by atoms with van der Waals surface area (Å²) in [7, 11) is 0. The fraction of sp³-hybridized carbons (Fsp3) is 0.364. The van der Waals surface area contributed by atoms with Crippen LogP contribution < -0.4 is 16.2 Å². The predicted molar refractivity (Wildman–Crippen MR) is 59.5 cm³/mol. The topological polar surface area (TPSA) is 58.4 Å². The maximum Gasteiger partial charge on any atom is 0.265 e. The lowest BCUT2D eigenvalue weighted by Gasteiger charge is -2.17. The quantitative estimate of drug-likeness (QED) is 0.428. The molecule has 4 heteroatoms. The summed E-state index contributed by atoms with van der Waals surface area (Å²) in [6, 6.07) is 7.54. The molecule has 0 bridgehead atoms. The molecule has 1 heterocycles. The normalized spacial score (nSPS) is 15.4. The second-order valence-electron chi connectivity index (χ2n) is 3.71. The van der Waals surface area contributed by atoms with Gasteiger partial charge in [-0.25, -0.2) is 5.84 Å². The first-order valence-electron chi connectivity index (χ1n) is 5.17. The fourth-order valence-corrected chi connectivity index (χ4v) is 1.88. The lowest BCUT2D eigenvalue weighted by Crippen LogP contribution is -2.30. The van der Waals surface area contributed by atoms with Crippen LogP contribution in [0.4, 0.5) is 5.69 Å². The van der Waals surface area contributed by atoms with Crippen molar-refractivity contribution in [2.24, 2.45) is 5.84 Å². The Morgan fingerprint density at radius 3 is 2.33 bits per heavy atom. The molecule has 0 unspecified atom stereocenters. The van der Waals surface area contributed by atoms with E-state index in [0.29, 0.717) is 5.56 Å². The van der Waals surface area contributed by atoms with Gasteiger partial charge in [0.15, 0.2) is 0 Å². The molecule has 0 saturated carbocycles. The van der Waals surface area contributed by atoms with Crippen molar-refractivity contribution in [1.82, 2.24) is 5.43 Å². The van der Waals surface area contributed by atoms with Crippen LogP contribution >= 0.6 is 0 Å². The van der Waals surface area contributed by atoms with Gasteiger partial charge in [-0.05, 0) is 37.1 Å². The number of benzene rings is 1. The lowest BCUT2D eigenvalue weighted by molar-refractivity contribution is 0.0953. The van der Waals surface area contributed by atoms with Gasteiger partial charge in [0.25, 0.3) is 5.91 Å². The van der Waals surface area contributed by atoms with Crippen molar-refractivity contribution in [2.75, 3.05) is 18.0 Å². The van der Waals surface area contributed by atoms with Crippen LogP contribution in [0.15, 0.2) is 24.3 Å². The minimum atomic E-state index is -0.247. The summed E-state index contributed by atoms with van der Waals surface area (Å²) >= 11 is 0. The molecule has 0 radical (unpaired) electrons. The number of hydrogen-bond acceptors (Lipinski definition) is 3. The van der Waals surface area contributed by atoms with E-state index in [-0.39, 0.29) is 5.91 Å². The Kier molecular flexibility index (Phi) is 2.87. The molecule has 2 rings (SSSR count). The lowest BCUT2D eigenvalue weighted by atomic mass is 10.2. The number of carbonyl (C=O) groups is 1. The third kappa shape index (κ3) is 2.10. The number of rotatable bonds is 2. The van der Waals surface area contributed by atoms with Gasteiger partial charge in [0, 0.05) is 24.3 Å². The first-order chi connectivity index (χ1) is 7.31. The third-order valence-electron chi connectivity index (χ3n) is 2.73. The largest absolute Gasteiger partial charge is 0.372 e. The smallest absolute Gasteiger partial charge is 0.265 e. The van der Waals surface area contributed by atoms with Gasteiger partial charge < -0.3 is 4.90 Å². The van der Waals surface area contributed by atoms with E-state index in [1.54, 1.807) is 12.1 Å². The number of anilines is 1. The Labute approximate surface area is 89.0 Å². The average molecular weight is 205 g/mol. The van der Waals surface area contributed by atoms with E-state index in [0.717, 1.165) is 13.1 Å². The maximum atomic E-state index is 11.2. The molecule has 0 aliphatic carbocycles. The highest BCUT2D eigenvalue weighted by Crippen LogP contribution is 2.20. The van der Waals surface area contributed by atoms with Gasteiger partial charge in [-0.3, -0.25) is 10.2 Å². The number of nitrogens with one attached hydrogen (secondary N) is 1. The van der Waals surface area contributed by atoms with Crippen molar-refractivity contribution in [3.05, 3.63) is 29.8 Å². The zero-order valence-electron chi connectivity index (χ0n) is 8.57. The molecule has 0 atom stereocenters. The van der Waals surface area contributed by atoms with Crippen molar-refractivity contribution in [3.63, 3.8) is 0 Å². The first-order valence-corrected chi connectivity index (χ1v) is 5.17. The van der Waals surface area contributed by atoms with Gasteiger partial charge in [-0.2, -0.15) is 0 Å². The molecular weight excluding hydrogens is 190 g/mol. The van der Waals surface area contributed by atoms with Gasteiger partial charge in [0.2, 0.25) is 0 Å². The van der Waals surface area contributed by atoms with Gasteiger partial charge in [0.05, 0.1) is 0 Å². The van der Waals surface area contributed by atoms with Crippen LogP contribution in [0.1, 0.15) is 23.2 Å². The van der Waals surface area contributed by atoms with Crippen molar-refractivity contribution in [3.8, 4) is 0 Å². The minimum Gasteiger partial charge on any atom is -0.372 e. The van der Waals surface area contributed by atoms with E-state index in [4.69, 9.17) is 5.84 Å². The SMILES string of the molecule is NNC(=O)c1ccc(N2CCCC2)cc1. The van der Waals surface area contributed by atoms with Gasteiger partial charge >= 0.3 is 0 Å². The van der Waals surface area contributed by atoms with Gasteiger partial charge in [-0.1, -0.05) is 0 Å². The zero-order chi connectivity index (χ0) is 10.7. The Hall–Kier alpha value is -1.55. The number of hydrazine groups is 1. The number of carbonyl (C=O) groups excluding carboxylic acids is 1. The molecule has 1 fully saturated rings. The molecule has 1 amide bonds. The Morgan fingerprint density at radius 1 is 1.20 bits per heavy atom. The molecule has 3 N–H and O–H groups in total. The molecule has 80 valence electrons. The molecule has 0 spiro atoms. The van der Waals surface area contributed by atoms with E-state index in [1.807, 2.05) is 12.1 Å². The average Bonchev–Trinajstić information content (AvgIpc) is 2.82. The molecule has 1 saturated heterocycles. The molecule has 0 aromatic heterocycles. The summed E-state index contributed by atoms with van der Waals surface area (Å²) in [5, 5.41) is 0. The van der Waals surface area contributed by atoms with Gasteiger partial charge in [-0.15, -0.1) is 0 Å². The van der Waals surface area contributed by atoms with Crippen LogP contribution in [0, 0.1) is 0 Å². The summed E-state index contributed by atoms with van der Waals surface area (Å²) in [6.45, 7) is 2.23. The number of nitrogens with zero attached hydrogens (tertiary/aromatic N) is 1. The molecule has 1 aliphatic heterocycles. The van der Waals surface area contributed by atoms with E-state index < -0.39 is 0 Å². The van der Waals surface area contributed by atoms with Crippen LogP contribution in [0.3, 0.4) is 0 Å². The predicted octanol–water partition coefficient (Wildman–Crippen LogP) is 0.890. The van der Waals surface area contributed by atoms with Crippen LogP contribution in [-0.2, 0) is 0 Å². The Bertz CT molecular complexity index is 341. The summed E-state index contributed by atoms with van der Waals surface area (Å²) in [5.41, 5.74) is 3.90. The molecule has 15 heavy (non-hydrogen) atoms. The Balaban J connectivity index is 2.12. The van der Waals surface area contributed by atoms with E-state index in [9.17, 15) is 4.79 Å². The zero-order valence-corrected chi connectivity index (χ0v) is 8.57. The highest BCUT2D eigenvalue weighted by Gasteiger charge is 2.12. The number of hydrogen-bond donors (Lipinski definition) is 2. The molecular formula is C11H15N3O. The minimum absolute atomic E-state index is 0.247. The molecule has 1 aliphatic rings. The highest BCUT2D eigenvalue weighted by molar-refractivity contribution is 5.94. The van der Waals surface area contributed by atoms with Crippen LogP contribution in [-0.4, -0.2) is 19.0 Å². The fourth-order valence-electron chi connectivity index (χ4n) is 1.88. The van der Waals surface area contributed by atoms with Crippen molar-refractivity contribution < 1.29 is 4.79 Å². The number of amides is 1. The standard InChI is InChI=1S/C11H15N3O/c12-13-11(15)9-3-5-10(6-4-9)14-7-1-2-8-14/h3-6H,1-2,7-8,12H2,(H,13,15). The monoisotopic (exact) mass is 205 g/mol. The van der Waals surface area contributed by atoms with Crippen LogP contribution in [0.5, 0.6) is 0 Å². The highest BCUT2D eigenvalue weighted by atomic mass is 16.2. The van der Waals surface area contributed by atoms with Crippen LogP contribution in [0.2, 0.25) is 0 Å². The van der Waals surface area contributed by atoms with Crippen molar-refractivity contribution in [2.45, 2.75) is 12.8 Å². The van der Waals surface area contributed by atoms with Gasteiger partial charge in [0.1, 0.15) is 0 Å². The van der Waals surface area contributed by atoms with E-state index in [1.165, 1.54) is 18.5 Å². The first kappa shape index (κ1) is 9.98. The molecule has 1 aromatic carbocycles. The van der Waals surface area contributed by atoms with Crippen LogP contribution in [0.25, 0.3) is 0 Å². The summed E-state index contributed by atoms with van der Waals surface area (Å²) in [5.74, 6) is 4.81. The second kappa shape index (κ2) is 4.31. The summed E-state index contributed by atoms with van der Waals surface area (Å²) in [6.07, 6.45) is 2.51. The summed E-state index contributed by atoms with van der Waals surface area (Å²) < 4.78 is 0. The number of nitrogen functional groups attached to an aromatic ring is 1. The summed E-state index contributed by atoms with van der Waals surface area (Å²) in [4.78, 5) is 13.5.